The Kier molecular flexibility index (Phi) is 3.78. The predicted molar refractivity (Wildman–Crippen MR) is 72.3 cm³/mol. The highest BCUT2D eigenvalue weighted by Gasteiger charge is 2.19. The number of aromatic nitrogens is 1. The monoisotopic (exact) mass is 283 g/mol. The molecule has 0 atom stereocenters. The number of hydrogen-bond donors (Lipinski definition) is 0. The van der Waals surface area contributed by atoms with E-state index < -0.39 is 4.92 Å². The first-order chi connectivity index (χ1) is 8.58. The van der Waals surface area contributed by atoms with E-state index in [0.29, 0.717) is 6.54 Å². The SMILES string of the molecule is CN(Cc1ccsc1)c1nc(Cl)ccc1[N+](=O)[O-]. The van der Waals surface area contributed by atoms with Crippen LogP contribution in [0.1, 0.15) is 5.56 Å². The number of nitro groups is 1. The zero-order valence-electron chi connectivity index (χ0n) is 9.54. The molecule has 0 bridgehead atoms. The Balaban J connectivity index is 2.31. The summed E-state index contributed by atoms with van der Waals surface area (Å²) >= 11 is 7.37. The van der Waals surface area contributed by atoms with Gasteiger partial charge in [-0.05, 0) is 28.5 Å². The van der Waals surface area contributed by atoms with E-state index in [2.05, 4.69) is 4.98 Å². The molecule has 0 aliphatic heterocycles. The van der Waals surface area contributed by atoms with Crippen molar-refractivity contribution < 1.29 is 4.92 Å². The second-order valence-electron chi connectivity index (χ2n) is 3.72. The largest absolute Gasteiger partial charge is 0.350 e. The Morgan fingerprint density at radius 3 is 2.89 bits per heavy atom. The molecular formula is C11H10ClN3O2S. The summed E-state index contributed by atoms with van der Waals surface area (Å²) in [7, 11) is 1.75. The van der Waals surface area contributed by atoms with Crippen molar-refractivity contribution in [3.63, 3.8) is 0 Å². The topological polar surface area (TPSA) is 59.3 Å². The zero-order chi connectivity index (χ0) is 13.1. The van der Waals surface area contributed by atoms with E-state index in [-0.39, 0.29) is 16.7 Å². The van der Waals surface area contributed by atoms with Gasteiger partial charge in [0.25, 0.3) is 0 Å². The standard InChI is InChI=1S/C11H10ClN3O2S/c1-14(6-8-4-5-18-7-8)11-9(15(16)17)2-3-10(12)13-11/h2-5,7H,6H2,1H3. The van der Waals surface area contributed by atoms with E-state index in [1.165, 1.54) is 12.1 Å². The Morgan fingerprint density at radius 2 is 2.28 bits per heavy atom. The summed E-state index contributed by atoms with van der Waals surface area (Å²) in [5, 5.41) is 15.1. The molecule has 0 saturated heterocycles. The molecule has 0 unspecified atom stereocenters. The lowest BCUT2D eigenvalue weighted by Gasteiger charge is -2.17. The van der Waals surface area contributed by atoms with Crippen LogP contribution in [0, 0.1) is 10.1 Å². The predicted octanol–water partition coefficient (Wildman–Crippen LogP) is 3.34. The van der Waals surface area contributed by atoms with Crippen molar-refractivity contribution in [1.82, 2.24) is 4.98 Å². The molecule has 0 aromatic carbocycles. The second-order valence-corrected chi connectivity index (χ2v) is 4.89. The van der Waals surface area contributed by atoms with Crippen LogP contribution >= 0.6 is 22.9 Å². The number of pyridine rings is 1. The van der Waals surface area contributed by atoms with Crippen molar-refractivity contribution >= 4 is 34.4 Å². The molecule has 2 aromatic heterocycles. The van der Waals surface area contributed by atoms with E-state index in [0.717, 1.165) is 5.56 Å². The lowest BCUT2D eigenvalue weighted by atomic mass is 10.3. The maximum atomic E-state index is 10.9. The molecule has 2 heterocycles. The Morgan fingerprint density at radius 1 is 1.50 bits per heavy atom. The van der Waals surface area contributed by atoms with E-state index in [1.807, 2.05) is 16.8 Å². The summed E-state index contributed by atoms with van der Waals surface area (Å²) < 4.78 is 0. The molecule has 0 aliphatic carbocycles. The molecule has 0 aliphatic rings. The van der Waals surface area contributed by atoms with Crippen LogP contribution < -0.4 is 4.90 Å². The third-order valence-corrected chi connectivity index (χ3v) is 3.32. The molecule has 0 fully saturated rings. The second kappa shape index (κ2) is 5.32. The van der Waals surface area contributed by atoms with Crippen molar-refractivity contribution in [1.29, 1.82) is 0 Å². The summed E-state index contributed by atoms with van der Waals surface area (Å²) in [6.45, 7) is 0.553. The summed E-state index contributed by atoms with van der Waals surface area (Å²) in [6, 6.07) is 4.76. The molecule has 2 aromatic rings. The minimum atomic E-state index is -0.456. The van der Waals surface area contributed by atoms with Crippen LogP contribution in [0.15, 0.2) is 29.0 Å². The Hall–Kier alpha value is -1.66. The van der Waals surface area contributed by atoms with Crippen LogP contribution in [-0.4, -0.2) is 17.0 Å². The molecule has 0 N–H and O–H groups in total. The van der Waals surface area contributed by atoms with Crippen molar-refractivity contribution in [3.05, 3.63) is 49.8 Å². The van der Waals surface area contributed by atoms with Gasteiger partial charge in [-0.25, -0.2) is 4.98 Å². The first kappa shape index (κ1) is 12.8. The number of hydrogen-bond acceptors (Lipinski definition) is 5. The Bertz CT molecular complexity index is 559. The number of anilines is 1. The molecule has 7 heteroatoms. The van der Waals surface area contributed by atoms with E-state index >= 15 is 0 Å². The van der Waals surface area contributed by atoms with E-state index in [9.17, 15) is 10.1 Å². The molecule has 94 valence electrons. The van der Waals surface area contributed by atoms with Gasteiger partial charge < -0.3 is 4.90 Å². The summed E-state index contributed by atoms with van der Waals surface area (Å²) in [5.41, 5.74) is 1.04. The maximum absolute atomic E-state index is 10.9. The molecule has 0 spiro atoms. The molecule has 5 nitrogen and oxygen atoms in total. The minimum absolute atomic E-state index is 0.0443. The fraction of sp³-hybridized carbons (Fsp3) is 0.182. The number of halogens is 1. The molecule has 18 heavy (non-hydrogen) atoms. The third-order valence-electron chi connectivity index (χ3n) is 2.38. The summed E-state index contributed by atoms with van der Waals surface area (Å²) in [5.74, 6) is 0.277. The Labute approximate surface area is 113 Å². The molecule has 0 radical (unpaired) electrons. The van der Waals surface area contributed by atoms with Crippen molar-refractivity contribution in [3.8, 4) is 0 Å². The van der Waals surface area contributed by atoms with Gasteiger partial charge in [-0.1, -0.05) is 11.6 Å². The number of nitrogens with zero attached hydrogens (tertiary/aromatic N) is 3. The molecule has 0 saturated carbocycles. The lowest BCUT2D eigenvalue weighted by Crippen LogP contribution is -2.18. The zero-order valence-corrected chi connectivity index (χ0v) is 11.1. The summed E-state index contributed by atoms with van der Waals surface area (Å²) in [6.07, 6.45) is 0. The highest BCUT2D eigenvalue weighted by Crippen LogP contribution is 2.27. The van der Waals surface area contributed by atoms with Gasteiger partial charge in [0.2, 0.25) is 5.82 Å². The summed E-state index contributed by atoms with van der Waals surface area (Å²) in [4.78, 5) is 16.2. The van der Waals surface area contributed by atoms with Crippen molar-refractivity contribution in [2.24, 2.45) is 0 Å². The highest BCUT2D eigenvalue weighted by atomic mass is 35.5. The fourth-order valence-electron chi connectivity index (χ4n) is 1.57. The van der Waals surface area contributed by atoms with Gasteiger partial charge in [0, 0.05) is 19.7 Å². The lowest BCUT2D eigenvalue weighted by molar-refractivity contribution is -0.384. The van der Waals surface area contributed by atoms with Crippen LogP contribution in [0.2, 0.25) is 5.15 Å². The van der Waals surface area contributed by atoms with Crippen molar-refractivity contribution in [2.75, 3.05) is 11.9 Å². The van der Waals surface area contributed by atoms with E-state index in [1.54, 1.807) is 23.3 Å². The average Bonchev–Trinajstić information content (AvgIpc) is 2.81. The first-order valence-corrected chi connectivity index (χ1v) is 6.43. The first-order valence-electron chi connectivity index (χ1n) is 5.11. The number of rotatable bonds is 4. The minimum Gasteiger partial charge on any atom is -0.350 e. The van der Waals surface area contributed by atoms with Gasteiger partial charge in [-0.2, -0.15) is 11.3 Å². The average molecular weight is 284 g/mol. The number of thiophene rings is 1. The van der Waals surface area contributed by atoms with Gasteiger partial charge in [0.1, 0.15) is 5.15 Å². The van der Waals surface area contributed by atoms with Gasteiger partial charge >= 0.3 is 5.69 Å². The third kappa shape index (κ3) is 2.77. The van der Waals surface area contributed by atoms with Gasteiger partial charge in [-0.15, -0.1) is 0 Å². The van der Waals surface area contributed by atoms with Crippen molar-refractivity contribution in [2.45, 2.75) is 6.54 Å². The smallest absolute Gasteiger partial charge is 0.311 e. The maximum Gasteiger partial charge on any atom is 0.311 e. The highest BCUT2D eigenvalue weighted by molar-refractivity contribution is 7.07. The van der Waals surface area contributed by atoms with E-state index in [4.69, 9.17) is 11.6 Å². The normalized spacial score (nSPS) is 10.3. The van der Waals surface area contributed by atoms with Crippen LogP contribution in [0.5, 0.6) is 0 Å². The van der Waals surface area contributed by atoms with Gasteiger partial charge in [-0.3, -0.25) is 10.1 Å². The fourth-order valence-corrected chi connectivity index (χ4v) is 2.38. The van der Waals surface area contributed by atoms with Crippen LogP contribution in [0.3, 0.4) is 0 Å². The van der Waals surface area contributed by atoms with Crippen LogP contribution in [-0.2, 0) is 6.54 Å². The van der Waals surface area contributed by atoms with Gasteiger partial charge in [0.15, 0.2) is 0 Å². The quantitative estimate of drug-likeness (QED) is 0.490. The van der Waals surface area contributed by atoms with Gasteiger partial charge in [0.05, 0.1) is 4.92 Å². The van der Waals surface area contributed by atoms with Crippen LogP contribution in [0.4, 0.5) is 11.5 Å². The molecular weight excluding hydrogens is 274 g/mol. The van der Waals surface area contributed by atoms with Crippen LogP contribution in [0.25, 0.3) is 0 Å². The molecule has 0 amide bonds. The molecule has 2 rings (SSSR count).